The predicted molar refractivity (Wildman–Crippen MR) is 116 cm³/mol. The van der Waals surface area contributed by atoms with Crippen LogP contribution in [0.1, 0.15) is 41.6 Å². The zero-order chi connectivity index (χ0) is 21.0. The number of carbonyl (C=O) groups is 1. The van der Waals surface area contributed by atoms with Gasteiger partial charge >= 0.3 is 0 Å². The van der Waals surface area contributed by atoms with Crippen LogP contribution < -0.4 is 10.2 Å². The summed E-state index contributed by atoms with van der Waals surface area (Å²) in [5.74, 6) is 1.40. The first-order valence-corrected chi connectivity index (χ1v) is 10.6. The Morgan fingerprint density at radius 2 is 2.03 bits per heavy atom. The summed E-state index contributed by atoms with van der Waals surface area (Å²) in [5.41, 5.74) is 1.27. The van der Waals surface area contributed by atoms with Gasteiger partial charge in [0.1, 0.15) is 5.82 Å². The van der Waals surface area contributed by atoms with Gasteiger partial charge in [-0.25, -0.2) is 19.9 Å². The van der Waals surface area contributed by atoms with Gasteiger partial charge in [0.2, 0.25) is 5.95 Å². The highest BCUT2D eigenvalue weighted by atomic mass is 16.1. The lowest BCUT2D eigenvalue weighted by atomic mass is 10.2. The van der Waals surface area contributed by atoms with Crippen LogP contribution in [0.3, 0.4) is 0 Å². The van der Waals surface area contributed by atoms with Crippen LogP contribution in [0.5, 0.6) is 0 Å². The molecular weight excluding hydrogens is 392 g/mol. The maximum absolute atomic E-state index is 13.0. The minimum atomic E-state index is -0.152. The van der Waals surface area contributed by atoms with Crippen LogP contribution in [0.25, 0.3) is 5.52 Å². The molecule has 1 amide bonds. The zero-order valence-corrected chi connectivity index (χ0v) is 17.1. The number of aryl methyl sites for hydroxylation is 1. The maximum Gasteiger partial charge on any atom is 0.272 e. The van der Waals surface area contributed by atoms with Crippen LogP contribution in [-0.4, -0.2) is 47.9 Å². The van der Waals surface area contributed by atoms with Gasteiger partial charge in [0.15, 0.2) is 5.69 Å². The average Bonchev–Trinajstić information content (AvgIpc) is 3.56. The molecule has 0 spiro atoms. The number of amides is 1. The van der Waals surface area contributed by atoms with Crippen molar-refractivity contribution in [2.75, 3.05) is 18.0 Å². The third-order valence-corrected chi connectivity index (χ3v) is 5.59. The minimum Gasteiger partial charge on any atom is -0.351 e. The molecule has 1 atom stereocenters. The van der Waals surface area contributed by atoms with E-state index >= 15 is 0 Å². The number of fused-ring (bicyclic) bond motifs is 1. The molecule has 0 unspecified atom stereocenters. The van der Waals surface area contributed by atoms with Gasteiger partial charge in [-0.15, -0.1) is 0 Å². The van der Waals surface area contributed by atoms with Crippen molar-refractivity contribution in [3.63, 3.8) is 0 Å². The summed E-state index contributed by atoms with van der Waals surface area (Å²) in [6, 6.07) is 7.68. The van der Waals surface area contributed by atoms with Crippen molar-refractivity contribution in [3.8, 4) is 0 Å². The summed E-state index contributed by atoms with van der Waals surface area (Å²) in [5, 5.41) is 3.01. The Hall–Kier alpha value is -3.75. The van der Waals surface area contributed by atoms with E-state index in [1.807, 2.05) is 45.6 Å². The Kier molecular flexibility index (Phi) is 5.30. The van der Waals surface area contributed by atoms with Gasteiger partial charge in [-0.3, -0.25) is 4.79 Å². The van der Waals surface area contributed by atoms with Gasteiger partial charge in [0, 0.05) is 50.6 Å². The molecule has 9 heteroatoms. The van der Waals surface area contributed by atoms with Crippen LogP contribution in [0.2, 0.25) is 0 Å². The number of carbonyl (C=O) groups excluding carboxylic acids is 1. The van der Waals surface area contributed by atoms with E-state index in [1.165, 1.54) is 0 Å². The molecule has 0 saturated carbocycles. The van der Waals surface area contributed by atoms with E-state index in [1.54, 1.807) is 24.9 Å². The van der Waals surface area contributed by atoms with Crippen LogP contribution in [0.4, 0.5) is 5.95 Å². The molecule has 1 aliphatic heterocycles. The second-order valence-electron chi connectivity index (χ2n) is 7.58. The van der Waals surface area contributed by atoms with Crippen molar-refractivity contribution in [1.82, 2.24) is 34.2 Å². The van der Waals surface area contributed by atoms with E-state index in [9.17, 15) is 4.79 Å². The molecule has 1 fully saturated rings. The molecule has 5 heterocycles. The SMILES string of the molecule is O=C(NCCCn1ccnc1)c1nc([C@@H]2CCCN2c2ncccn2)n2ccccc12. The number of anilines is 1. The number of nitrogens with one attached hydrogen (secondary N) is 1. The maximum atomic E-state index is 13.0. The summed E-state index contributed by atoms with van der Waals surface area (Å²) in [7, 11) is 0. The lowest BCUT2D eigenvalue weighted by Gasteiger charge is -2.23. The van der Waals surface area contributed by atoms with Gasteiger partial charge in [0.05, 0.1) is 17.9 Å². The number of hydrogen-bond donors (Lipinski definition) is 1. The quantitative estimate of drug-likeness (QED) is 0.465. The molecule has 5 rings (SSSR count). The molecule has 1 N–H and O–H groups in total. The smallest absolute Gasteiger partial charge is 0.272 e. The number of rotatable bonds is 7. The van der Waals surface area contributed by atoms with Crippen LogP contribution in [0.15, 0.2) is 61.6 Å². The third-order valence-electron chi connectivity index (χ3n) is 5.59. The standard InChI is InChI=1S/C22H24N8O/c31-21(24-10-5-12-28-15-11-23-16-28)19-17-6-1-2-13-29(17)20(27-19)18-7-3-14-30(18)22-25-8-4-9-26-22/h1-2,4,6,8-9,11,13,15-16,18H,3,5,7,10,12,14H2,(H,24,31)/t18-/m0/s1. The van der Waals surface area contributed by atoms with Crippen molar-refractivity contribution in [2.24, 2.45) is 0 Å². The molecule has 31 heavy (non-hydrogen) atoms. The van der Waals surface area contributed by atoms with Crippen molar-refractivity contribution in [3.05, 3.63) is 73.1 Å². The second-order valence-corrected chi connectivity index (χ2v) is 7.58. The second kappa shape index (κ2) is 8.55. The number of pyridine rings is 1. The van der Waals surface area contributed by atoms with Crippen molar-refractivity contribution < 1.29 is 4.79 Å². The number of imidazole rings is 2. The molecule has 158 valence electrons. The van der Waals surface area contributed by atoms with Gasteiger partial charge in [0.25, 0.3) is 5.91 Å². The van der Waals surface area contributed by atoms with E-state index in [4.69, 9.17) is 4.98 Å². The largest absolute Gasteiger partial charge is 0.351 e. The Bertz CT molecular complexity index is 1150. The van der Waals surface area contributed by atoms with Crippen molar-refractivity contribution in [1.29, 1.82) is 0 Å². The zero-order valence-electron chi connectivity index (χ0n) is 17.1. The molecule has 0 aromatic carbocycles. The van der Waals surface area contributed by atoms with E-state index in [0.29, 0.717) is 18.2 Å². The summed E-state index contributed by atoms with van der Waals surface area (Å²) >= 11 is 0. The Balaban J connectivity index is 1.37. The summed E-state index contributed by atoms with van der Waals surface area (Å²) < 4.78 is 4.02. The van der Waals surface area contributed by atoms with Crippen LogP contribution >= 0.6 is 0 Å². The lowest BCUT2D eigenvalue weighted by Crippen LogP contribution is -2.27. The topological polar surface area (TPSA) is 93.2 Å². The summed E-state index contributed by atoms with van der Waals surface area (Å²) in [4.78, 5) is 32.8. The van der Waals surface area contributed by atoms with E-state index < -0.39 is 0 Å². The highest BCUT2D eigenvalue weighted by Crippen LogP contribution is 2.34. The van der Waals surface area contributed by atoms with Gasteiger partial charge < -0.3 is 19.2 Å². The molecule has 0 aliphatic carbocycles. The molecule has 0 radical (unpaired) electrons. The monoisotopic (exact) mass is 416 g/mol. The molecule has 1 aliphatic rings. The summed E-state index contributed by atoms with van der Waals surface area (Å²) in [6.45, 7) is 2.25. The number of hydrogen-bond acceptors (Lipinski definition) is 6. The summed E-state index contributed by atoms with van der Waals surface area (Å²) in [6.07, 6.45) is 13.7. The fourth-order valence-corrected chi connectivity index (χ4v) is 4.14. The number of nitrogens with zero attached hydrogens (tertiary/aromatic N) is 7. The first-order chi connectivity index (χ1) is 15.3. The van der Waals surface area contributed by atoms with Crippen molar-refractivity contribution in [2.45, 2.75) is 31.8 Å². The first kappa shape index (κ1) is 19.2. The van der Waals surface area contributed by atoms with E-state index in [2.05, 4.69) is 25.2 Å². The highest BCUT2D eigenvalue weighted by molar-refractivity contribution is 5.99. The average molecular weight is 416 g/mol. The first-order valence-electron chi connectivity index (χ1n) is 10.6. The number of aromatic nitrogens is 6. The van der Waals surface area contributed by atoms with Crippen molar-refractivity contribution >= 4 is 17.4 Å². The lowest BCUT2D eigenvalue weighted by molar-refractivity contribution is 0.0949. The van der Waals surface area contributed by atoms with Gasteiger partial charge in [-0.1, -0.05) is 6.07 Å². The molecular formula is C22H24N8O. The Labute approximate surface area is 179 Å². The third kappa shape index (κ3) is 3.86. The molecule has 0 bridgehead atoms. The fraction of sp³-hybridized carbons (Fsp3) is 0.318. The molecule has 9 nitrogen and oxygen atoms in total. The predicted octanol–water partition coefficient (Wildman–Crippen LogP) is 2.48. The van der Waals surface area contributed by atoms with Gasteiger partial charge in [-0.05, 0) is 37.5 Å². The van der Waals surface area contributed by atoms with E-state index in [0.717, 1.165) is 43.7 Å². The molecule has 4 aromatic rings. The highest BCUT2D eigenvalue weighted by Gasteiger charge is 2.32. The minimum absolute atomic E-state index is 0.0279. The normalized spacial score (nSPS) is 16.1. The van der Waals surface area contributed by atoms with Crippen LogP contribution in [-0.2, 0) is 6.54 Å². The Morgan fingerprint density at radius 1 is 1.13 bits per heavy atom. The van der Waals surface area contributed by atoms with Gasteiger partial charge in [-0.2, -0.15) is 0 Å². The fourth-order valence-electron chi connectivity index (χ4n) is 4.14. The van der Waals surface area contributed by atoms with Crippen LogP contribution in [0, 0.1) is 0 Å². The molecule has 4 aromatic heterocycles. The van der Waals surface area contributed by atoms with E-state index in [-0.39, 0.29) is 11.9 Å². The molecule has 1 saturated heterocycles. The Morgan fingerprint density at radius 3 is 2.87 bits per heavy atom.